The SMILES string of the molecule is N#Cc1ccc(C(F)(F)F)cc1-c1ccc(Cl)c(F)c1. The van der Waals surface area contributed by atoms with E-state index in [9.17, 15) is 17.6 Å². The Morgan fingerprint density at radius 2 is 1.75 bits per heavy atom. The van der Waals surface area contributed by atoms with Gasteiger partial charge in [-0.15, -0.1) is 0 Å². The van der Waals surface area contributed by atoms with Gasteiger partial charge in [-0.2, -0.15) is 18.4 Å². The van der Waals surface area contributed by atoms with Crippen LogP contribution in [0.1, 0.15) is 11.1 Å². The summed E-state index contributed by atoms with van der Waals surface area (Å²) in [6, 6.07) is 8.07. The van der Waals surface area contributed by atoms with Crippen molar-refractivity contribution in [2.24, 2.45) is 0 Å². The molecule has 2 aromatic carbocycles. The van der Waals surface area contributed by atoms with Crippen molar-refractivity contribution >= 4 is 11.6 Å². The highest BCUT2D eigenvalue weighted by Crippen LogP contribution is 2.34. The maximum atomic E-state index is 13.4. The molecular weight excluding hydrogens is 294 g/mol. The highest BCUT2D eigenvalue weighted by Gasteiger charge is 2.31. The Labute approximate surface area is 117 Å². The standard InChI is InChI=1S/C14H6ClF4N/c15-12-4-2-8(5-13(12)16)11-6-10(14(17,18)19)3-1-9(11)7-20/h1-6H. The lowest BCUT2D eigenvalue weighted by Gasteiger charge is -2.11. The van der Waals surface area contributed by atoms with Crippen LogP contribution in [-0.2, 0) is 6.18 Å². The van der Waals surface area contributed by atoms with Crippen LogP contribution >= 0.6 is 11.6 Å². The van der Waals surface area contributed by atoms with E-state index in [-0.39, 0.29) is 21.7 Å². The zero-order chi connectivity index (χ0) is 14.9. The average molecular weight is 300 g/mol. The van der Waals surface area contributed by atoms with Crippen LogP contribution < -0.4 is 0 Å². The van der Waals surface area contributed by atoms with E-state index in [0.29, 0.717) is 0 Å². The molecule has 2 rings (SSSR count). The summed E-state index contributed by atoms with van der Waals surface area (Å²) in [4.78, 5) is 0. The molecule has 0 spiro atoms. The second-order valence-corrected chi connectivity index (χ2v) is 4.41. The van der Waals surface area contributed by atoms with Crippen LogP contribution in [0.25, 0.3) is 11.1 Å². The molecule has 0 aliphatic rings. The first-order valence-electron chi connectivity index (χ1n) is 5.39. The molecule has 0 aromatic heterocycles. The van der Waals surface area contributed by atoms with Crippen LogP contribution in [0.5, 0.6) is 0 Å². The molecule has 102 valence electrons. The minimum Gasteiger partial charge on any atom is -0.205 e. The minimum absolute atomic E-state index is 0.0119. The lowest BCUT2D eigenvalue weighted by atomic mass is 9.97. The molecular formula is C14H6ClF4N. The van der Waals surface area contributed by atoms with Gasteiger partial charge in [0.15, 0.2) is 0 Å². The molecule has 0 saturated heterocycles. The molecule has 0 fully saturated rings. The molecule has 1 nitrogen and oxygen atoms in total. The summed E-state index contributed by atoms with van der Waals surface area (Å²) >= 11 is 5.53. The van der Waals surface area contributed by atoms with E-state index in [1.807, 2.05) is 0 Å². The van der Waals surface area contributed by atoms with Crippen LogP contribution in [0.2, 0.25) is 5.02 Å². The van der Waals surface area contributed by atoms with Gasteiger partial charge in [0.05, 0.1) is 22.2 Å². The van der Waals surface area contributed by atoms with Crippen LogP contribution in [0.3, 0.4) is 0 Å². The van der Waals surface area contributed by atoms with Gasteiger partial charge in [-0.25, -0.2) is 4.39 Å². The van der Waals surface area contributed by atoms with Crippen molar-refractivity contribution in [3.8, 4) is 17.2 Å². The molecule has 0 N–H and O–H groups in total. The molecule has 2 aromatic rings. The number of benzene rings is 2. The molecule has 0 heterocycles. The number of rotatable bonds is 1. The summed E-state index contributed by atoms with van der Waals surface area (Å²) < 4.78 is 51.5. The van der Waals surface area contributed by atoms with Gasteiger partial charge in [0, 0.05) is 5.56 Å². The van der Waals surface area contributed by atoms with Gasteiger partial charge in [0.25, 0.3) is 0 Å². The number of nitriles is 1. The monoisotopic (exact) mass is 299 g/mol. The third-order valence-corrected chi connectivity index (χ3v) is 3.00. The number of hydrogen-bond acceptors (Lipinski definition) is 1. The van der Waals surface area contributed by atoms with E-state index in [4.69, 9.17) is 16.9 Å². The van der Waals surface area contributed by atoms with Crippen molar-refractivity contribution < 1.29 is 17.6 Å². The van der Waals surface area contributed by atoms with E-state index in [0.717, 1.165) is 24.3 Å². The van der Waals surface area contributed by atoms with Crippen LogP contribution in [0.15, 0.2) is 36.4 Å². The van der Waals surface area contributed by atoms with Crippen molar-refractivity contribution in [1.82, 2.24) is 0 Å². The normalized spacial score (nSPS) is 11.2. The van der Waals surface area contributed by atoms with Gasteiger partial charge in [-0.05, 0) is 35.9 Å². The molecule has 0 radical (unpaired) electrons. The first kappa shape index (κ1) is 14.4. The highest BCUT2D eigenvalue weighted by atomic mass is 35.5. The molecule has 20 heavy (non-hydrogen) atoms. The van der Waals surface area contributed by atoms with Gasteiger partial charge in [-0.1, -0.05) is 17.7 Å². The molecule has 0 amide bonds. The summed E-state index contributed by atoms with van der Waals surface area (Å²) in [6.07, 6.45) is -4.53. The van der Waals surface area contributed by atoms with Gasteiger partial charge in [0.2, 0.25) is 0 Å². The minimum atomic E-state index is -4.53. The number of halogens is 5. The van der Waals surface area contributed by atoms with Gasteiger partial charge in [0.1, 0.15) is 5.82 Å². The second-order valence-electron chi connectivity index (χ2n) is 4.00. The number of alkyl halides is 3. The first-order chi connectivity index (χ1) is 9.32. The smallest absolute Gasteiger partial charge is 0.205 e. The van der Waals surface area contributed by atoms with Gasteiger partial charge >= 0.3 is 6.18 Å². The third-order valence-electron chi connectivity index (χ3n) is 2.70. The largest absolute Gasteiger partial charge is 0.416 e. The molecule has 0 bridgehead atoms. The number of nitrogens with zero attached hydrogens (tertiary/aromatic N) is 1. The Morgan fingerprint density at radius 1 is 1.05 bits per heavy atom. The fraction of sp³-hybridized carbons (Fsp3) is 0.0714. The Morgan fingerprint density at radius 3 is 2.30 bits per heavy atom. The van der Waals surface area contributed by atoms with Gasteiger partial charge in [-0.3, -0.25) is 0 Å². The van der Waals surface area contributed by atoms with Crippen molar-refractivity contribution in [2.75, 3.05) is 0 Å². The molecule has 0 aliphatic heterocycles. The molecule has 6 heteroatoms. The predicted molar refractivity (Wildman–Crippen MR) is 66.6 cm³/mol. The van der Waals surface area contributed by atoms with Crippen molar-refractivity contribution in [2.45, 2.75) is 6.18 Å². The molecule has 0 unspecified atom stereocenters. The number of hydrogen-bond donors (Lipinski definition) is 0. The summed E-state index contributed by atoms with van der Waals surface area (Å²) in [5.41, 5.74) is -0.700. The van der Waals surface area contributed by atoms with Crippen LogP contribution in [0, 0.1) is 17.1 Å². The first-order valence-corrected chi connectivity index (χ1v) is 5.77. The highest BCUT2D eigenvalue weighted by molar-refractivity contribution is 6.30. The Balaban J connectivity index is 2.65. The van der Waals surface area contributed by atoms with E-state index >= 15 is 0 Å². The van der Waals surface area contributed by atoms with Crippen LogP contribution in [0.4, 0.5) is 17.6 Å². The maximum Gasteiger partial charge on any atom is 0.416 e. The van der Waals surface area contributed by atoms with E-state index in [2.05, 4.69) is 0 Å². The van der Waals surface area contributed by atoms with E-state index in [1.165, 1.54) is 12.1 Å². The summed E-state index contributed by atoms with van der Waals surface area (Å²) in [6.45, 7) is 0. The quantitative estimate of drug-likeness (QED) is 0.677. The fourth-order valence-corrected chi connectivity index (χ4v) is 1.84. The van der Waals surface area contributed by atoms with Crippen molar-refractivity contribution in [3.05, 3.63) is 58.4 Å². The fourth-order valence-electron chi connectivity index (χ4n) is 1.72. The maximum absolute atomic E-state index is 13.4. The summed E-state index contributed by atoms with van der Waals surface area (Å²) in [5.74, 6) is -0.759. The Kier molecular flexibility index (Phi) is 3.69. The third kappa shape index (κ3) is 2.75. The second kappa shape index (κ2) is 5.14. The van der Waals surface area contributed by atoms with E-state index < -0.39 is 17.6 Å². The van der Waals surface area contributed by atoms with E-state index in [1.54, 1.807) is 6.07 Å². The predicted octanol–water partition coefficient (Wildman–Crippen LogP) is 5.04. The lowest BCUT2D eigenvalue weighted by molar-refractivity contribution is -0.137. The Bertz CT molecular complexity index is 701. The van der Waals surface area contributed by atoms with Crippen molar-refractivity contribution in [3.63, 3.8) is 0 Å². The molecule has 0 atom stereocenters. The van der Waals surface area contributed by atoms with Gasteiger partial charge < -0.3 is 0 Å². The topological polar surface area (TPSA) is 23.8 Å². The molecule has 0 aliphatic carbocycles. The lowest BCUT2D eigenvalue weighted by Crippen LogP contribution is -2.05. The average Bonchev–Trinajstić information content (AvgIpc) is 2.40. The summed E-state index contributed by atoms with van der Waals surface area (Å²) in [5, 5.41) is 8.81. The van der Waals surface area contributed by atoms with Crippen molar-refractivity contribution in [1.29, 1.82) is 5.26 Å². The zero-order valence-electron chi connectivity index (χ0n) is 9.80. The zero-order valence-corrected chi connectivity index (χ0v) is 10.6. The molecule has 0 saturated carbocycles. The Hall–Kier alpha value is -2.06. The summed E-state index contributed by atoms with van der Waals surface area (Å²) in [7, 11) is 0. The van der Waals surface area contributed by atoms with Crippen LogP contribution in [-0.4, -0.2) is 0 Å².